The molecule has 2 amide bonds. The summed E-state index contributed by atoms with van der Waals surface area (Å²) in [6.07, 6.45) is 7.06. The second kappa shape index (κ2) is 12.0. The van der Waals surface area contributed by atoms with Crippen LogP contribution in [-0.2, 0) is 22.5 Å². The smallest absolute Gasteiger partial charge is 0.253 e. The van der Waals surface area contributed by atoms with Gasteiger partial charge >= 0.3 is 0 Å². The largest absolute Gasteiger partial charge is 0.382 e. The molecule has 182 valence electrons. The lowest BCUT2D eigenvalue weighted by atomic mass is 9.88. The molecule has 0 bridgehead atoms. The molecular formula is C28H37N3O3. The standard InChI is InChI=1S/C28H37N3O3/c1-2-34-18-8-16-29-28(33)25-19-24(30-27(32)22-10-4-3-5-11-22)13-14-26(25)31-17-15-21-9-6-7-12-23(21)20-31/h6-7,9,12-14,19,22H,2-5,8,10-11,15-18,20H2,1H3,(H,29,33)(H,30,32). The van der Waals surface area contributed by atoms with E-state index in [1.165, 1.54) is 17.5 Å². The second-order valence-electron chi connectivity index (χ2n) is 9.30. The lowest BCUT2D eigenvalue weighted by Gasteiger charge is -2.32. The van der Waals surface area contributed by atoms with E-state index in [0.717, 1.165) is 57.3 Å². The molecule has 6 nitrogen and oxygen atoms in total. The van der Waals surface area contributed by atoms with E-state index < -0.39 is 0 Å². The topological polar surface area (TPSA) is 70.7 Å². The summed E-state index contributed by atoms with van der Waals surface area (Å²) in [5, 5.41) is 6.12. The zero-order valence-corrected chi connectivity index (χ0v) is 20.3. The Balaban J connectivity index is 1.52. The number of ether oxygens (including phenoxy) is 1. The molecule has 0 aromatic heterocycles. The van der Waals surface area contributed by atoms with Gasteiger partial charge in [0.2, 0.25) is 5.91 Å². The number of anilines is 2. The molecule has 1 heterocycles. The highest BCUT2D eigenvalue weighted by Gasteiger charge is 2.24. The molecule has 2 aromatic rings. The van der Waals surface area contributed by atoms with E-state index >= 15 is 0 Å². The maximum Gasteiger partial charge on any atom is 0.253 e. The van der Waals surface area contributed by atoms with Crippen LogP contribution in [0.15, 0.2) is 42.5 Å². The fraction of sp³-hybridized carbons (Fsp3) is 0.500. The number of rotatable bonds is 9. The van der Waals surface area contributed by atoms with Gasteiger partial charge in [0.15, 0.2) is 0 Å². The van der Waals surface area contributed by atoms with Gasteiger partial charge in [-0.3, -0.25) is 9.59 Å². The Morgan fingerprint density at radius 1 is 1.06 bits per heavy atom. The first kappa shape index (κ1) is 24.3. The zero-order valence-electron chi connectivity index (χ0n) is 20.3. The Kier molecular flexibility index (Phi) is 8.58. The average molecular weight is 464 g/mol. The van der Waals surface area contributed by atoms with Crippen LogP contribution < -0.4 is 15.5 Å². The Morgan fingerprint density at radius 2 is 1.85 bits per heavy atom. The van der Waals surface area contributed by atoms with Gasteiger partial charge in [0.05, 0.1) is 5.56 Å². The average Bonchev–Trinajstić information content (AvgIpc) is 2.88. The van der Waals surface area contributed by atoms with Gasteiger partial charge in [-0.25, -0.2) is 0 Å². The maximum atomic E-state index is 13.2. The number of amides is 2. The molecule has 6 heteroatoms. The number of carbonyl (C=O) groups excluding carboxylic acids is 2. The molecule has 0 atom stereocenters. The monoisotopic (exact) mass is 463 g/mol. The number of benzene rings is 2. The number of carbonyl (C=O) groups is 2. The zero-order chi connectivity index (χ0) is 23.8. The van der Waals surface area contributed by atoms with Crippen LogP contribution in [0, 0.1) is 5.92 Å². The molecule has 1 aliphatic carbocycles. The Labute approximate surface area is 203 Å². The SMILES string of the molecule is CCOCCCNC(=O)c1cc(NC(=O)C2CCCCC2)ccc1N1CCc2ccccc2C1. The molecule has 4 rings (SSSR count). The van der Waals surface area contributed by atoms with E-state index in [1.807, 2.05) is 25.1 Å². The van der Waals surface area contributed by atoms with Crippen molar-refractivity contribution in [2.24, 2.45) is 5.92 Å². The normalized spacial score (nSPS) is 16.1. The van der Waals surface area contributed by atoms with E-state index in [-0.39, 0.29) is 17.7 Å². The third kappa shape index (κ3) is 6.17. The highest BCUT2D eigenvalue weighted by atomic mass is 16.5. The van der Waals surface area contributed by atoms with Gasteiger partial charge in [0.1, 0.15) is 0 Å². The van der Waals surface area contributed by atoms with E-state index in [9.17, 15) is 9.59 Å². The predicted octanol–water partition coefficient (Wildman–Crippen LogP) is 4.92. The number of hydrogen-bond donors (Lipinski definition) is 2. The van der Waals surface area contributed by atoms with Crippen LogP contribution in [0.25, 0.3) is 0 Å². The van der Waals surface area contributed by atoms with Gasteiger partial charge in [0.25, 0.3) is 5.91 Å². The molecule has 1 aliphatic heterocycles. The minimum absolute atomic E-state index is 0.0717. The molecule has 2 aliphatic rings. The second-order valence-corrected chi connectivity index (χ2v) is 9.30. The summed E-state index contributed by atoms with van der Waals surface area (Å²) in [5.74, 6) is 0.0319. The molecule has 0 unspecified atom stereocenters. The van der Waals surface area contributed by atoms with Gasteiger partial charge in [-0.2, -0.15) is 0 Å². The van der Waals surface area contributed by atoms with E-state index in [0.29, 0.717) is 31.0 Å². The first-order chi connectivity index (χ1) is 16.7. The number of hydrogen-bond acceptors (Lipinski definition) is 4. The fourth-order valence-electron chi connectivity index (χ4n) is 5.00. The van der Waals surface area contributed by atoms with Crippen molar-refractivity contribution in [1.29, 1.82) is 0 Å². The summed E-state index contributed by atoms with van der Waals surface area (Å²) >= 11 is 0. The summed E-state index contributed by atoms with van der Waals surface area (Å²) in [7, 11) is 0. The maximum absolute atomic E-state index is 13.2. The van der Waals surface area contributed by atoms with E-state index in [1.54, 1.807) is 0 Å². The molecule has 34 heavy (non-hydrogen) atoms. The third-order valence-electron chi connectivity index (χ3n) is 6.91. The molecule has 0 radical (unpaired) electrons. The molecule has 2 aromatic carbocycles. The van der Waals surface area contributed by atoms with Crippen LogP contribution >= 0.6 is 0 Å². The number of nitrogens with one attached hydrogen (secondary N) is 2. The van der Waals surface area contributed by atoms with Crippen LogP contribution in [0.2, 0.25) is 0 Å². The van der Waals surface area contributed by atoms with Gasteiger partial charge in [-0.05, 0) is 61.9 Å². The summed E-state index contributed by atoms with van der Waals surface area (Å²) in [4.78, 5) is 28.3. The molecule has 2 N–H and O–H groups in total. The van der Waals surface area contributed by atoms with Crippen molar-refractivity contribution in [3.05, 3.63) is 59.2 Å². The quantitative estimate of drug-likeness (QED) is 0.518. The van der Waals surface area contributed by atoms with Crippen LogP contribution in [-0.4, -0.2) is 38.1 Å². The number of nitrogens with zero attached hydrogens (tertiary/aromatic N) is 1. The minimum atomic E-state index is -0.112. The summed E-state index contributed by atoms with van der Waals surface area (Å²) in [5.41, 5.74) is 4.88. The van der Waals surface area contributed by atoms with Gasteiger partial charge in [0, 0.05) is 50.1 Å². The Morgan fingerprint density at radius 3 is 2.65 bits per heavy atom. The molecular weight excluding hydrogens is 426 g/mol. The van der Waals surface area contributed by atoms with Crippen molar-refractivity contribution in [3.8, 4) is 0 Å². The minimum Gasteiger partial charge on any atom is -0.382 e. The fourth-order valence-corrected chi connectivity index (χ4v) is 5.00. The summed E-state index contributed by atoms with van der Waals surface area (Å²) in [6.45, 7) is 5.46. The highest BCUT2D eigenvalue weighted by Crippen LogP contribution is 2.31. The first-order valence-electron chi connectivity index (χ1n) is 12.8. The predicted molar refractivity (Wildman–Crippen MR) is 136 cm³/mol. The molecule has 0 saturated heterocycles. The lowest BCUT2D eigenvalue weighted by molar-refractivity contribution is -0.120. The lowest BCUT2D eigenvalue weighted by Crippen LogP contribution is -2.33. The molecule has 1 saturated carbocycles. The third-order valence-corrected chi connectivity index (χ3v) is 6.91. The van der Waals surface area contributed by atoms with Crippen molar-refractivity contribution in [1.82, 2.24) is 5.32 Å². The van der Waals surface area contributed by atoms with Crippen LogP contribution in [0.5, 0.6) is 0 Å². The van der Waals surface area contributed by atoms with Crippen molar-refractivity contribution in [3.63, 3.8) is 0 Å². The Bertz CT molecular complexity index is 985. The number of fused-ring (bicyclic) bond motifs is 1. The van der Waals surface area contributed by atoms with Crippen molar-refractivity contribution in [2.75, 3.05) is 36.5 Å². The molecule has 1 fully saturated rings. The van der Waals surface area contributed by atoms with Crippen LogP contribution in [0.3, 0.4) is 0 Å². The van der Waals surface area contributed by atoms with Gasteiger partial charge in [-0.1, -0.05) is 43.5 Å². The van der Waals surface area contributed by atoms with E-state index in [2.05, 4.69) is 39.8 Å². The van der Waals surface area contributed by atoms with Gasteiger partial charge in [-0.15, -0.1) is 0 Å². The van der Waals surface area contributed by atoms with Crippen LogP contribution in [0.1, 0.15) is 66.9 Å². The summed E-state index contributed by atoms with van der Waals surface area (Å²) < 4.78 is 5.39. The summed E-state index contributed by atoms with van der Waals surface area (Å²) in [6, 6.07) is 14.3. The van der Waals surface area contributed by atoms with Gasteiger partial charge < -0.3 is 20.3 Å². The molecule has 0 spiro atoms. The first-order valence-corrected chi connectivity index (χ1v) is 12.8. The van der Waals surface area contributed by atoms with Crippen molar-refractivity contribution in [2.45, 2.75) is 58.4 Å². The van der Waals surface area contributed by atoms with Crippen LogP contribution in [0.4, 0.5) is 11.4 Å². The van der Waals surface area contributed by atoms with E-state index in [4.69, 9.17) is 4.74 Å². The van der Waals surface area contributed by atoms with Crippen molar-refractivity contribution < 1.29 is 14.3 Å². The Hall–Kier alpha value is -2.86. The highest BCUT2D eigenvalue weighted by molar-refractivity contribution is 6.02. The van der Waals surface area contributed by atoms with Crippen molar-refractivity contribution >= 4 is 23.2 Å².